The van der Waals surface area contributed by atoms with Crippen molar-refractivity contribution in [3.05, 3.63) is 33.8 Å². The van der Waals surface area contributed by atoms with Crippen molar-refractivity contribution in [1.29, 1.82) is 0 Å². The molecule has 0 amide bonds. The van der Waals surface area contributed by atoms with E-state index in [0.717, 1.165) is 14.8 Å². The zero-order valence-corrected chi connectivity index (χ0v) is 11.3. The van der Waals surface area contributed by atoms with Gasteiger partial charge in [0.15, 0.2) is 5.82 Å². The number of aromatic nitrogens is 3. The molecular weight excluding hydrogens is 327 g/mol. The summed E-state index contributed by atoms with van der Waals surface area (Å²) < 4.78 is 0.998. The molecule has 2 N–H and O–H groups in total. The molecule has 1 aliphatic rings. The lowest BCUT2D eigenvalue weighted by Crippen LogP contribution is -2.04. The standard InChI is InChI=1S/C12H11IN4/c13-9-10(7-3-4-7)16-12(17-11(9)14)8-2-1-5-15-6-8/h1-2,5-7H,3-4H2,(H2,14,16,17). The fourth-order valence-electron chi connectivity index (χ4n) is 1.73. The maximum atomic E-state index is 5.95. The van der Waals surface area contributed by atoms with Gasteiger partial charge in [-0.05, 0) is 47.6 Å². The molecule has 0 atom stereocenters. The van der Waals surface area contributed by atoms with Crippen molar-refractivity contribution in [2.45, 2.75) is 18.8 Å². The Bertz CT molecular complexity index is 552. The van der Waals surface area contributed by atoms with Gasteiger partial charge in [-0.15, -0.1) is 0 Å². The zero-order valence-electron chi connectivity index (χ0n) is 9.10. The van der Waals surface area contributed by atoms with Crippen LogP contribution in [0.2, 0.25) is 0 Å². The highest BCUT2D eigenvalue weighted by Crippen LogP contribution is 2.42. The molecule has 17 heavy (non-hydrogen) atoms. The Labute approximate surface area is 113 Å². The molecule has 2 aromatic heterocycles. The summed E-state index contributed by atoms with van der Waals surface area (Å²) in [4.78, 5) is 13.0. The summed E-state index contributed by atoms with van der Waals surface area (Å²) in [5.74, 6) is 1.82. The minimum absolute atomic E-state index is 0.571. The van der Waals surface area contributed by atoms with Crippen LogP contribution in [-0.4, -0.2) is 15.0 Å². The first-order valence-electron chi connectivity index (χ1n) is 5.49. The molecular formula is C12H11IN4. The van der Waals surface area contributed by atoms with E-state index in [2.05, 4.69) is 37.5 Å². The van der Waals surface area contributed by atoms with Gasteiger partial charge >= 0.3 is 0 Å². The Hall–Kier alpha value is -1.24. The van der Waals surface area contributed by atoms with Crippen LogP contribution < -0.4 is 5.73 Å². The number of nitrogen functional groups attached to an aromatic ring is 1. The van der Waals surface area contributed by atoms with Gasteiger partial charge in [0.1, 0.15) is 5.82 Å². The van der Waals surface area contributed by atoms with Crippen LogP contribution in [-0.2, 0) is 0 Å². The Balaban J connectivity index is 2.12. The molecule has 1 aliphatic carbocycles. The fraction of sp³-hybridized carbons (Fsp3) is 0.250. The number of pyridine rings is 1. The van der Waals surface area contributed by atoms with Crippen LogP contribution in [0, 0.1) is 3.57 Å². The minimum Gasteiger partial charge on any atom is -0.383 e. The van der Waals surface area contributed by atoms with E-state index in [4.69, 9.17) is 5.73 Å². The summed E-state index contributed by atoms with van der Waals surface area (Å²) in [6, 6.07) is 3.83. The average molecular weight is 338 g/mol. The monoisotopic (exact) mass is 338 g/mol. The maximum absolute atomic E-state index is 5.95. The largest absolute Gasteiger partial charge is 0.383 e. The molecule has 0 radical (unpaired) electrons. The lowest BCUT2D eigenvalue weighted by Gasteiger charge is -2.07. The summed E-state index contributed by atoms with van der Waals surface area (Å²) in [6.07, 6.45) is 5.91. The molecule has 1 fully saturated rings. The number of halogens is 1. The van der Waals surface area contributed by atoms with Crippen LogP contribution in [0.5, 0.6) is 0 Å². The Kier molecular flexibility index (Phi) is 2.70. The third-order valence-corrected chi connectivity index (χ3v) is 3.89. The van der Waals surface area contributed by atoms with E-state index < -0.39 is 0 Å². The molecule has 0 unspecified atom stereocenters. The number of hydrogen-bond donors (Lipinski definition) is 1. The predicted molar refractivity (Wildman–Crippen MR) is 74.4 cm³/mol. The molecule has 4 nitrogen and oxygen atoms in total. The normalized spacial score (nSPS) is 14.9. The fourth-order valence-corrected chi connectivity index (χ4v) is 2.42. The lowest BCUT2D eigenvalue weighted by atomic mass is 10.2. The zero-order chi connectivity index (χ0) is 11.8. The van der Waals surface area contributed by atoms with Crippen molar-refractivity contribution in [3.63, 3.8) is 0 Å². The topological polar surface area (TPSA) is 64.7 Å². The average Bonchev–Trinajstić information content (AvgIpc) is 3.18. The highest BCUT2D eigenvalue weighted by molar-refractivity contribution is 14.1. The third-order valence-electron chi connectivity index (χ3n) is 2.79. The molecule has 86 valence electrons. The second-order valence-electron chi connectivity index (χ2n) is 4.15. The molecule has 2 aromatic rings. The van der Waals surface area contributed by atoms with Gasteiger partial charge in [0.05, 0.1) is 9.26 Å². The number of anilines is 1. The molecule has 0 saturated heterocycles. The van der Waals surface area contributed by atoms with Gasteiger partial charge in [0.25, 0.3) is 0 Å². The van der Waals surface area contributed by atoms with Crippen LogP contribution in [0.3, 0.4) is 0 Å². The number of nitrogens with zero attached hydrogens (tertiary/aromatic N) is 3. The van der Waals surface area contributed by atoms with Crippen molar-refractivity contribution >= 4 is 28.4 Å². The Morgan fingerprint density at radius 1 is 1.29 bits per heavy atom. The molecule has 2 heterocycles. The second kappa shape index (κ2) is 4.21. The van der Waals surface area contributed by atoms with Gasteiger partial charge in [0.2, 0.25) is 0 Å². The first-order valence-corrected chi connectivity index (χ1v) is 6.57. The van der Waals surface area contributed by atoms with Crippen molar-refractivity contribution < 1.29 is 0 Å². The van der Waals surface area contributed by atoms with Gasteiger partial charge in [-0.3, -0.25) is 4.98 Å². The molecule has 0 bridgehead atoms. The van der Waals surface area contributed by atoms with Crippen LogP contribution in [0.25, 0.3) is 11.4 Å². The molecule has 3 rings (SSSR count). The lowest BCUT2D eigenvalue weighted by molar-refractivity contribution is 0.981. The molecule has 0 aliphatic heterocycles. The smallest absolute Gasteiger partial charge is 0.163 e. The van der Waals surface area contributed by atoms with Gasteiger partial charge in [-0.1, -0.05) is 0 Å². The summed E-state index contributed by atoms with van der Waals surface area (Å²) in [7, 11) is 0. The number of nitrogens with two attached hydrogens (primary N) is 1. The van der Waals surface area contributed by atoms with E-state index in [1.54, 1.807) is 12.4 Å². The maximum Gasteiger partial charge on any atom is 0.163 e. The highest BCUT2D eigenvalue weighted by Gasteiger charge is 2.29. The summed E-state index contributed by atoms with van der Waals surface area (Å²) in [6.45, 7) is 0. The van der Waals surface area contributed by atoms with E-state index in [9.17, 15) is 0 Å². The third kappa shape index (κ3) is 2.11. The summed E-state index contributed by atoms with van der Waals surface area (Å²) in [5, 5.41) is 0. The van der Waals surface area contributed by atoms with Gasteiger partial charge in [0, 0.05) is 23.9 Å². The first-order chi connectivity index (χ1) is 8.25. The van der Waals surface area contributed by atoms with E-state index in [-0.39, 0.29) is 0 Å². The summed E-state index contributed by atoms with van der Waals surface area (Å²) >= 11 is 2.23. The first kappa shape index (κ1) is 10.9. The SMILES string of the molecule is Nc1nc(-c2cccnc2)nc(C2CC2)c1I. The summed E-state index contributed by atoms with van der Waals surface area (Å²) in [5.41, 5.74) is 7.95. The van der Waals surface area contributed by atoms with Crippen LogP contribution >= 0.6 is 22.6 Å². The van der Waals surface area contributed by atoms with Crippen molar-refractivity contribution in [1.82, 2.24) is 15.0 Å². The van der Waals surface area contributed by atoms with Crippen molar-refractivity contribution in [2.24, 2.45) is 0 Å². The number of hydrogen-bond acceptors (Lipinski definition) is 4. The highest BCUT2D eigenvalue weighted by atomic mass is 127. The number of rotatable bonds is 2. The predicted octanol–water partition coefficient (Wildman–Crippen LogP) is 2.60. The second-order valence-corrected chi connectivity index (χ2v) is 5.23. The van der Waals surface area contributed by atoms with E-state index in [1.807, 2.05) is 12.1 Å². The van der Waals surface area contributed by atoms with Crippen molar-refractivity contribution in [3.8, 4) is 11.4 Å². The molecule has 0 spiro atoms. The molecule has 5 heteroatoms. The van der Waals surface area contributed by atoms with E-state index >= 15 is 0 Å². The minimum atomic E-state index is 0.571. The molecule has 0 aromatic carbocycles. The van der Waals surface area contributed by atoms with E-state index in [1.165, 1.54) is 12.8 Å². The molecule has 1 saturated carbocycles. The van der Waals surface area contributed by atoms with Crippen LogP contribution in [0.15, 0.2) is 24.5 Å². The van der Waals surface area contributed by atoms with Crippen LogP contribution in [0.1, 0.15) is 24.5 Å². The van der Waals surface area contributed by atoms with Gasteiger partial charge in [-0.2, -0.15) is 0 Å². The van der Waals surface area contributed by atoms with Crippen molar-refractivity contribution in [2.75, 3.05) is 5.73 Å². The van der Waals surface area contributed by atoms with Gasteiger partial charge < -0.3 is 5.73 Å². The van der Waals surface area contributed by atoms with Crippen LogP contribution in [0.4, 0.5) is 5.82 Å². The van der Waals surface area contributed by atoms with E-state index in [0.29, 0.717) is 17.6 Å². The quantitative estimate of drug-likeness (QED) is 0.855. The van der Waals surface area contributed by atoms with Gasteiger partial charge in [-0.25, -0.2) is 9.97 Å². The Morgan fingerprint density at radius 2 is 2.12 bits per heavy atom. The Morgan fingerprint density at radius 3 is 2.76 bits per heavy atom.